The number of amides is 2. The molecule has 18 heavy (non-hydrogen) atoms. The minimum absolute atomic E-state index is 0.0228. The average Bonchev–Trinajstić information content (AvgIpc) is 2.88. The van der Waals surface area contributed by atoms with Crippen molar-refractivity contribution in [3.63, 3.8) is 0 Å². The SMILES string of the molecule is O=C(NCCOCCO)C(=O)NCC1CCCO1. The lowest BCUT2D eigenvalue weighted by atomic mass is 10.2. The first-order valence-electron chi connectivity index (χ1n) is 6.10. The molecule has 1 atom stereocenters. The lowest BCUT2D eigenvalue weighted by Crippen LogP contribution is -2.43. The van der Waals surface area contributed by atoms with Gasteiger partial charge in [0.25, 0.3) is 0 Å². The topological polar surface area (TPSA) is 96.9 Å². The smallest absolute Gasteiger partial charge is 0.309 e. The highest BCUT2D eigenvalue weighted by molar-refractivity contribution is 6.35. The van der Waals surface area contributed by atoms with Gasteiger partial charge in [-0.3, -0.25) is 9.59 Å². The Morgan fingerprint density at radius 2 is 2.06 bits per heavy atom. The van der Waals surface area contributed by atoms with E-state index in [-0.39, 0.29) is 32.5 Å². The Morgan fingerprint density at radius 1 is 1.28 bits per heavy atom. The number of hydrogen-bond acceptors (Lipinski definition) is 5. The Hall–Kier alpha value is -1.18. The van der Waals surface area contributed by atoms with Crippen LogP contribution in [0.5, 0.6) is 0 Å². The average molecular weight is 260 g/mol. The first-order valence-corrected chi connectivity index (χ1v) is 6.10. The molecule has 1 aliphatic heterocycles. The van der Waals surface area contributed by atoms with E-state index in [4.69, 9.17) is 14.6 Å². The summed E-state index contributed by atoms with van der Waals surface area (Å²) < 4.78 is 10.3. The van der Waals surface area contributed by atoms with Gasteiger partial charge < -0.3 is 25.2 Å². The number of carbonyl (C=O) groups is 2. The molecule has 7 nitrogen and oxygen atoms in total. The number of nitrogens with one attached hydrogen (secondary N) is 2. The Balaban J connectivity index is 2.03. The van der Waals surface area contributed by atoms with Crippen molar-refractivity contribution < 1.29 is 24.2 Å². The molecule has 0 bridgehead atoms. The van der Waals surface area contributed by atoms with E-state index in [0.29, 0.717) is 6.54 Å². The Kier molecular flexibility index (Phi) is 7.31. The van der Waals surface area contributed by atoms with E-state index in [1.165, 1.54) is 0 Å². The molecular weight excluding hydrogens is 240 g/mol. The van der Waals surface area contributed by atoms with Gasteiger partial charge >= 0.3 is 11.8 Å². The zero-order chi connectivity index (χ0) is 13.2. The first kappa shape index (κ1) is 14.9. The van der Waals surface area contributed by atoms with E-state index < -0.39 is 11.8 Å². The summed E-state index contributed by atoms with van der Waals surface area (Å²) in [4.78, 5) is 22.7. The molecule has 104 valence electrons. The van der Waals surface area contributed by atoms with Gasteiger partial charge in [-0.2, -0.15) is 0 Å². The van der Waals surface area contributed by atoms with E-state index >= 15 is 0 Å². The summed E-state index contributed by atoms with van der Waals surface area (Å²) in [5.41, 5.74) is 0. The third kappa shape index (κ3) is 5.95. The van der Waals surface area contributed by atoms with Crippen molar-refractivity contribution in [3.05, 3.63) is 0 Å². The van der Waals surface area contributed by atoms with Gasteiger partial charge in [0.15, 0.2) is 0 Å². The maximum Gasteiger partial charge on any atom is 0.309 e. The van der Waals surface area contributed by atoms with Gasteiger partial charge in [-0.05, 0) is 12.8 Å². The molecule has 7 heteroatoms. The number of aliphatic hydroxyl groups is 1. The zero-order valence-corrected chi connectivity index (χ0v) is 10.3. The number of hydrogen-bond donors (Lipinski definition) is 3. The number of rotatable bonds is 7. The van der Waals surface area contributed by atoms with Crippen LogP contribution in [-0.4, -0.2) is 62.5 Å². The molecule has 0 saturated carbocycles. The van der Waals surface area contributed by atoms with Crippen molar-refractivity contribution in [1.29, 1.82) is 0 Å². The van der Waals surface area contributed by atoms with Crippen LogP contribution in [0, 0.1) is 0 Å². The Morgan fingerprint density at radius 3 is 2.72 bits per heavy atom. The summed E-state index contributed by atoms with van der Waals surface area (Å²) in [7, 11) is 0. The molecule has 0 spiro atoms. The maximum absolute atomic E-state index is 11.4. The molecule has 1 saturated heterocycles. The fraction of sp³-hybridized carbons (Fsp3) is 0.818. The second kappa shape index (κ2) is 8.84. The lowest BCUT2D eigenvalue weighted by Gasteiger charge is -2.10. The van der Waals surface area contributed by atoms with Crippen molar-refractivity contribution in [2.45, 2.75) is 18.9 Å². The van der Waals surface area contributed by atoms with E-state index in [1.54, 1.807) is 0 Å². The summed E-state index contributed by atoms with van der Waals surface area (Å²) in [5.74, 6) is -1.34. The van der Waals surface area contributed by atoms with Crippen molar-refractivity contribution in [2.75, 3.05) is 39.5 Å². The van der Waals surface area contributed by atoms with Gasteiger partial charge in [-0.1, -0.05) is 0 Å². The highest BCUT2D eigenvalue weighted by Gasteiger charge is 2.18. The van der Waals surface area contributed by atoms with Gasteiger partial charge in [0.05, 0.1) is 25.9 Å². The first-order chi connectivity index (χ1) is 8.74. The van der Waals surface area contributed by atoms with Crippen molar-refractivity contribution >= 4 is 11.8 Å². The largest absolute Gasteiger partial charge is 0.394 e. The van der Waals surface area contributed by atoms with Gasteiger partial charge in [0, 0.05) is 19.7 Å². The quantitative estimate of drug-likeness (QED) is 0.379. The van der Waals surface area contributed by atoms with Crippen LogP contribution in [0.4, 0.5) is 0 Å². The molecule has 2 amide bonds. The van der Waals surface area contributed by atoms with Crippen molar-refractivity contribution in [3.8, 4) is 0 Å². The molecular formula is C11H20N2O5. The highest BCUT2D eigenvalue weighted by atomic mass is 16.5. The summed E-state index contributed by atoms with van der Waals surface area (Å²) in [6, 6.07) is 0. The molecule has 1 unspecified atom stereocenters. The highest BCUT2D eigenvalue weighted by Crippen LogP contribution is 2.10. The summed E-state index contributed by atoms with van der Waals surface area (Å²) in [6.45, 7) is 1.76. The molecule has 3 N–H and O–H groups in total. The van der Waals surface area contributed by atoms with Crippen LogP contribution in [0.2, 0.25) is 0 Å². The van der Waals surface area contributed by atoms with E-state index in [9.17, 15) is 9.59 Å². The number of ether oxygens (including phenoxy) is 2. The predicted molar refractivity (Wildman–Crippen MR) is 62.9 cm³/mol. The lowest BCUT2D eigenvalue weighted by molar-refractivity contribution is -0.139. The van der Waals surface area contributed by atoms with Crippen LogP contribution in [0.1, 0.15) is 12.8 Å². The van der Waals surface area contributed by atoms with Crippen LogP contribution in [-0.2, 0) is 19.1 Å². The van der Waals surface area contributed by atoms with Crippen LogP contribution in [0.15, 0.2) is 0 Å². The second-order valence-electron chi connectivity index (χ2n) is 3.94. The van der Waals surface area contributed by atoms with Gasteiger partial charge in [0.1, 0.15) is 0 Å². The molecule has 1 rings (SSSR count). The molecule has 1 aliphatic rings. The molecule has 0 aromatic rings. The normalized spacial score (nSPS) is 18.6. The zero-order valence-electron chi connectivity index (χ0n) is 10.3. The minimum atomic E-state index is -0.680. The van der Waals surface area contributed by atoms with Gasteiger partial charge in [-0.15, -0.1) is 0 Å². The number of aliphatic hydroxyl groups excluding tert-OH is 1. The molecule has 1 heterocycles. The van der Waals surface area contributed by atoms with Crippen LogP contribution >= 0.6 is 0 Å². The standard InChI is InChI=1S/C11H20N2O5/c14-4-7-17-6-3-12-10(15)11(16)13-8-9-2-1-5-18-9/h9,14H,1-8H2,(H,12,15)(H,13,16). The predicted octanol–water partition coefficient (Wildman–Crippen LogP) is -1.59. The molecule has 0 radical (unpaired) electrons. The molecule has 0 aromatic carbocycles. The summed E-state index contributed by atoms with van der Waals surface area (Å²) in [5, 5.41) is 13.4. The molecule has 0 aromatic heterocycles. The summed E-state index contributed by atoms with van der Waals surface area (Å²) >= 11 is 0. The molecule has 1 fully saturated rings. The second-order valence-corrected chi connectivity index (χ2v) is 3.94. The van der Waals surface area contributed by atoms with E-state index in [1.807, 2.05) is 0 Å². The molecule has 0 aliphatic carbocycles. The van der Waals surface area contributed by atoms with Crippen LogP contribution < -0.4 is 10.6 Å². The monoisotopic (exact) mass is 260 g/mol. The van der Waals surface area contributed by atoms with Crippen LogP contribution in [0.3, 0.4) is 0 Å². The van der Waals surface area contributed by atoms with E-state index in [2.05, 4.69) is 10.6 Å². The Labute approximate surface area is 106 Å². The number of carbonyl (C=O) groups excluding carboxylic acids is 2. The van der Waals surface area contributed by atoms with Crippen LogP contribution in [0.25, 0.3) is 0 Å². The van der Waals surface area contributed by atoms with E-state index in [0.717, 1.165) is 19.4 Å². The van der Waals surface area contributed by atoms with Gasteiger partial charge in [0.2, 0.25) is 0 Å². The maximum atomic E-state index is 11.4. The summed E-state index contributed by atoms with van der Waals surface area (Å²) in [6.07, 6.45) is 1.93. The minimum Gasteiger partial charge on any atom is -0.394 e. The fourth-order valence-electron chi connectivity index (χ4n) is 1.58. The fourth-order valence-corrected chi connectivity index (χ4v) is 1.58. The van der Waals surface area contributed by atoms with Crippen molar-refractivity contribution in [2.24, 2.45) is 0 Å². The third-order valence-electron chi connectivity index (χ3n) is 2.49. The van der Waals surface area contributed by atoms with Gasteiger partial charge in [-0.25, -0.2) is 0 Å². The van der Waals surface area contributed by atoms with Crippen molar-refractivity contribution in [1.82, 2.24) is 10.6 Å². The Bertz CT molecular complexity index is 266. The third-order valence-corrected chi connectivity index (χ3v) is 2.49.